The number of likely N-dealkylation sites (tertiary alicyclic amines) is 1. The molecule has 0 saturated carbocycles. The predicted molar refractivity (Wildman–Crippen MR) is 178 cm³/mol. The van der Waals surface area contributed by atoms with Crippen molar-refractivity contribution in [1.82, 2.24) is 24.9 Å². The molecular formula is C32H41BrF3N7O3S. The first-order valence-electron chi connectivity index (χ1n) is 16.3. The number of thiophene rings is 1. The first-order chi connectivity index (χ1) is 22.5. The molecule has 2 aromatic rings. The van der Waals surface area contributed by atoms with Crippen molar-refractivity contribution in [3.63, 3.8) is 0 Å². The third-order valence-corrected chi connectivity index (χ3v) is 11.6. The maximum absolute atomic E-state index is 14.0. The van der Waals surface area contributed by atoms with E-state index in [0.29, 0.717) is 57.2 Å². The zero-order valence-corrected chi connectivity index (χ0v) is 28.6. The van der Waals surface area contributed by atoms with Gasteiger partial charge in [-0.1, -0.05) is 0 Å². The van der Waals surface area contributed by atoms with Gasteiger partial charge in [0.25, 0.3) is 0 Å². The van der Waals surface area contributed by atoms with E-state index in [9.17, 15) is 27.6 Å². The average molecular weight is 741 g/mol. The van der Waals surface area contributed by atoms with E-state index in [-0.39, 0.29) is 41.2 Å². The van der Waals surface area contributed by atoms with Gasteiger partial charge in [0.15, 0.2) is 0 Å². The Balaban J connectivity index is 1.13. The highest BCUT2D eigenvalue weighted by molar-refractivity contribution is 9.10. The molecule has 4 aliphatic rings. The van der Waals surface area contributed by atoms with Crippen LogP contribution in [0.1, 0.15) is 48.8 Å². The molecule has 4 aliphatic heterocycles. The van der Waals surface area contributed by atoms with Gasteiger partial charge in [-0.2, -0.15) is 13.2 Å². The number of rotatable bonds is 7. The van der Waals surface area contributed by atoms with Crippen LogP contribution in [0.15, 0.2) is 28.1 Å². The van der Waals surface area contributed by atoms with Gasteiger partial charge in [-0.25, -0.2) is 4.79 Å². The fourth-order valence-electron chi connectivity index (χ4n) is 7.35. The molecule has 1 aromatic heterocycles. The predicted octanol–water partition coefficient (Wildman–Crippen LogP) is 4.60. The lowest BCUT2D eigenvalue weighted by Gasteiger charge is -2.42. The summed E-state index contributed by atoms with van der Waals surface area (Å²) in [6, 6.07) is 4.83. The largest absolute Gasteiger partial charge is 0.418 e. The number of hydrogen-bond donors (Lipinski definition) is 3. The molecule has 15 heteroatoms. The molecule has 5 heterocycles. The molecule has 1 aromatic carbocycles. The highest BCUT2D eigenvalue weighted by Gasteiger charge is 2.38. The summed E-state index contributed by atoms with van der Waals surface area (Å²) in [6.07, 6.45) is -1.45. The van der Waals surface area contributed by atoms with Crippen LogP contribution in [0.25, 0.3) is 0 Å². The van der Waals surface area contributed by atoms with Gasteiger partial charge >= 0.3 is 12.2 Å². The fraction of sp³-hybridized carbons (Fsp3) is 0.594. The summed E-state index contributed by atoms with van der Waals surface area (Å²) in [6.45, 7) is 5.84. The second kappa shape index (κ2) is 14.3. The van der Waals surface area contributed by atoms with Crippen LogP contribution in [0.5, 0.6) is 0 Å². The summed E-state index contributed by atoms with van der Waals surface area (Å²) >= 11 is 4.66. The second-order valence-corrected chi connectivity index (χ2v) is 14.7. The van der Waals surface area contributed by atoms with E-state index in [1.54, 1.807) is 9.80 Å². The van der Waals surface area contributed by atoms with Crippen LogP contribution in [-0.2, 0) is 28.7 Å². The molecule has 6 rings (SSSR count). The number of benzene rings is 1. The number of carbonyl (C=O) groups excluding carboxylic acids is 3. The van der Waals surface area contributed by atoms with Crippen LogP contribution in [0.2, 0.25) is 0 Å². The molecule has 47 heavy (non-hydrogen) atoms. The number of nitrogen functional groups attached to an aromatic ring is 1. The van der Waals surface area contributed by atoms with Crippen molar-refractivity contribution >= 4 is 55.8 Å². The van der Waals surface area contributed by atoms with Gasteiger partial charge in [-0.3, -0.25) is 19.8 Å². The number of fused-ring (bicyclic) bond motifs is 1. The Morgan fingerprint density at radius 2 is 1.70 bits per heavy atom. The lowest BCUT2D eigenvalue weighted by Crippen LogP contribution is -2.55. The summed E-state index contributed by atoms with van der Waals surface area (Å²) in [4.78, 5) is 48.2. The smallest absolute Gasteiger partial charge is 0.397 e. The summed E-state index contributed by atoms with van der Waals surface area (Å²) in [7, 11) is 0. The monoisotopic (exact) mass is 739 g/mol. The number of nitrogens with two attached hydrogens (primary N) is 1. The Bertz CT molecular complexity index is 1470. The number of alkyl halides is 3. The molecule has 256 valence electrons. The van der Waals surface area contributed by atoms with Crippen molar-refractivity contribution < 1.29 is 27.6 Å². The van der Waals surface area contributed by atoms with Gasteiger partial charge in [-0.15, -0.1) is 11.3 Å². The summed E-state index contributed by atoms with van der Waals surface area (Å²) in [5.41, 5.74) is 5.75. The quantitative estimate of drug-likeness (QED) is 0.358. The van der Waals surface area contributed by atoms with Crippen LogP contribution in [-0.4, -0.2) is 102 Å². The Morgan fingerprint density at radius 3 is 2.38 bits per heavy atom. The number of nitrogens with zero attached hydrogens (tertiary/aromatic N) is 4. The fourth-order valence-corrected chi connectivity index (χ4v) is 8.66. The first-order valence-corrected chi connectivity index (χ1v) is 18.0. The minimum Gasteiger partial charge on any atom is -0.397 e. The maximum atomic E-state index is 14.0. The van der Waals surface area contributed by atoms with Gasteiger partial charge in [0.05, 0.1) is 23.7 Å². The van der Waals surface area contributed by atoms with Crippen LogP contribution >= 0.6 is 27.3 Å². The van der Waals surface area contributed by atoms with Crippen molar-refractivity contribution in [2.45, 2.75) is 63.3 Å². The van der Waals surface area contributed by atoms with Gasteiger partial charge < -0.3 is 25.8 Å². The van der Waals surface area contributed by atoms with Crippen LogP contribution in [0.3, 0.4) is 0 Å². The van der Waals surface area contributed by atoms with E-state index in [0.717, 1.165) is 55.7 Å². The average Bonchev–Trinajstić information content (AvgIpc) is 3.52. The van der Waals surface area contributed by atoms with Crippen molar-refractivity contribution in [3.05, 3.63) is 44.7 Å². The Morgan fingerprint density at radius 1 is 1.00 bits per heavy atom. The highest BCUT2D eigenvalue weighted by atomic mass is 79.9. The van der Waals surface area contributed by atoms with Crippen LogP contribution in [0.4, 0.5) is 28.7 Å². The normalized spacial score (nSPS) is 21.0. The molecule has 4 amide bonds. The van der Waals surface area contributed by atoms with Crippen molar-refractivity contribution in [2.75, 3.05) is 63.4 Å². The third kappa shape index (κ3) is 7.73. The lowest BCUT2D eigenvalue weighted by molar-refractivity contribution is -0.143. The molecule has 0 aliphatic carbocycles. The number of amides is 4. The number of halogens is 4. The number of piperidine rings is 2. The molecule has 1 atom stereocenters. The topological polar surface area (TPSA) is 114 Å². The molecule has 3 saturated heterocycles. The number of hydrogen-bond acceptors (Lipinski definition) is 7. The van der Waals surface area contributed by atoms with Gasteiger partial charge in [0, 0.05) is 67.8 Å². The number of anilines is 2. The van der Waals surface area contributed by atoms with Crippen LogP contribution in [0, 0.1) is 5.92 Å². The number of carbonyl (C=O) groups is 3. The van der Waals surface area contributed by atoms with E-state index < -0.39 is 23.3 Å². The minimum absolute atomic E-state index is 0.0194. The standard InChI is InChI=1S/C32H41BrF3N7O3S/c33-26-17-20(16-25(28(26)37)32(34,35)36)15-22(30(45)42-12-10-40(11-13-42)23-1-6-38-7-2-23)18-27(44)41-8-3-24(4-9-41)43-19-21-5-14-47-29(21)39-31(43)46/h5,14,16-17,22-24,38H,1-4,6-13,15,18-19,37H2,(H,39,46)/t22-/m0/s1. The van der Waals surface area contributed by atoms with E-state index in [1.807, 2.05) is 16.3 Å². The van der Waals surface area contributed by atoms with Crippen molar-refractivity contribution in [2.24, 2.45) is 5.92 Å². The van der Waals surface area contributed by atoms with E-state index in [4.69, 9.17) is 5.73 Å². The molecule has 4 N–H and O–H groups in total. The maximum Gasteiger partial charge on any atom is 0.418 e. The van der Waals surface area contributed by atoms with E-state index >= 15 is 0 Å². The molecular weight excluding hydrogens is 699 g/mol. The third-order valence-electron chi connectivity index (χ3n) is 10.0. The molecule has 3 fully saturated rings. The Labute approximate surface area is 284 Å². The summed E-state index contributed by atoms with van der Waals surface area (Å²) < 4.78 is 41.5. The summed E-state index contributed by atoms with van der Waals surface area (Å²) in [5, 5.41) is 9.16. The van der Waals surface area contributed by atoms with E-state index in [2.05, 4.69) is 31.5 Å². The molecule has 0 spiro atoms. The molecule has 0 radical (unpaired) electrons. The molecule has 0 bridgehead atoms. The van der Waals surface area contributed by atoms with Crippen LogP contribution < -0.4 is 16.4 Å². The minimum atomic E-state index is -4.66. The Hall–Kier alpha value is -2.88. The zero-order valence-electron chi connectivity index (χ0n) is 26.2. The first kappa shape index (κ1) is 34.0. The number of piperazine rings is 1. The summed E-state index contributed by atoms with van der Waals surface area (Å²) in [5.74, 6) is -1.24. The zero-order chi connectivity index (χ0) is 33.3. The lowest BCUT2D eigenvalue weighted by atomic mass is 9.91. The number of urea groups is 1. The van der Waals surface area contributed by atoms with Gasteiger partial charge in [0.2, 0.25) is 11.8 Å². The number of nitrogens with one attached hydrogen (secondary N) is 2. The van der Waals surface area contributed by atoms with Gasteiger partial charge in [0.1, 0.15) is 5.00 Å². The molecule has 10 nitrogen and oxygen atoms in total. The van der Waals surface area contributed by atoms with Crippen molar-refractivity contribution in [3.8, 4) is 0 Å². The SMILES string of the molecule is Nc1c(Br)cc(C[C@@H](CC(=O)N2CCC(N3Cc4ccsc4NC3=O)CC2)C(=O)N2CCN(C3CCNCC3)CC2)cc1C(F)(F)F. The van der Waals surface area contributed by atoms with E-state index in [1.165, 1.54) is 17.4 Å². The van der Waals surface area contributed by atoms with Gasteiger partial charge in [-0.05, 0) is 90.3 Å². The Kier molecular flexibility index (Phi) is 10.4. The highest BCUT2D eigenvalue weighted by Crippen LogP contribution is 2.39. The van der Waals surface area contributed by atoms with Crippen molar-refractivity contribution in [1.29, 1.82) is 0 Å². The molecule has 0 unspecified atom stereocenters. The second-order valence-electron chi connectivity index (χ2n) is 12.9.